The highest BCUT2D eigenvalue weighted by Crippen LogP contribution is 2.32. The van der Waals surface area contributed by atoms with Crippen molar-refractivity contribution >= 4 is 8.07 Å². The third kappa shape index (κ3) is 2.29. The zero-order chi connectivity index (χ0) is 8.54. The number of aliphatic hydroxyl groups excluding tert-OH is 1. The number of hydrogen-bond acceptors (Lipinski definition) is 2. The summed E-state index contributed by atoms with van der Waals surface area (Å²) in [6, 6.07) is 1.25. The van der Waals surface area contributed by atoms with Gasteiger partial charge in [-0.2, -0.15) is 0 Å². The summed E-state index contributed by atoms with van der Waals surface area (Å²) in [5.41, 5.74) is 0.254. The van der Waals surface area contributed by atoms with E-state index in [1.807, 2.05) is 0 Å². The molecule has 0 atom stereocenters. The molecule has 66 valence electrons. The highest BCUT2D eigenvalue weighted by molar-refractivity contribution is 6.76. The summed E-state index contributed by atoms with van der Waals surface area (Å²) >= 11 is 0. The molecule has 0 bridgehead atoms. The standard InChI is InChI=1S/C8H19NOSi/c1-11(2,3)7-8(6-10)4-9-5-8/h9-10H,4-7H2,1-3H3. The molecule has 1 aliphatic rings. The predicted octanol–water partition coefficient (Wildman–Crippen LogP) is 0.906. The van der Waals surface area contributed by atoms with Gasteiger partial charge in [0.05, 0.1) is 6.61 Å². The average molecular weight is 173 g/mol. The van der Waals surface area contributed by atoms with Gasteiger partial charge in [-0.25, -0.2) is 0 Å². The van der Waals surface area contributed by atoms with Crippen LogP contribution in [0.3, 0.4) is 0 Å². The lowest BCUT2D eigenvalue weighted by Crippen LogP contribution is -2.58. The van der Waals surface area contributed by atoms with Gasteiger partial charge < -0.3 is 10.4 Å². The molecule has 0 aliphatic carbocycles. The molecule has 2 N–H and O–H groups in total. The average Bonchev–Trinajstić information content (AvgIpc) is 1.77. The zero-order valence-corrected chi connectivity index (χ0v) is 8.78. The third-order valence-corrected chi connectivity index (χ3v) is 4.05. The van der Waals surface area contributed by atoms with E-state index in [0.29, 0.717) is 6.61 Å². The topological polar surface area (TPSA) is 32.3 Å². The predicted molar refractivity (Wildman–Crippen MR) is 50.5 cm³/mol. The van der Waals surface area contributed by atoms with Gasteiger partial charge in [-0.05, 0) is 6.04 Å². The van der Waals surface area contributed by atoms with Gasteiger partial charge in [0.1, 0.15) is 0 Å². The van der Waals surface area contributed by atoms with Crippen LogP contribution in [0.4, 0.5) is 0 Å². The van der Waals surface area contributed by atoms with Crippen LogP contribution in [0.2, 0.25) is 25.7 Å². The summed E-state index contributed by atoms with van der Waals surface area (Å²) in [5, 5.41) is 12.4. The summed E-state index contributed by atoms with van der Waals surface area (Å²) in [4.78, 5) is 0. The first-order valence-corrected chi connectivity index (χ1v) is 8.00. The molecule has 0 saturated carbocycles. The Balaban J connectivity index is 2.45. The summed E-state index contributed by atoms with van der Waals surface area (Å²) in [5.74, 6) is 0. The lowest BCUT2D eigenvalue weighted by Gasteiger charge is -2.44. The Bertz CT molecular complexity index is 132. The van der Waals surface area contributed by atoms with E-state index in [2.05, 4.69) is 25.0 Å². The van der Waals surface area contributed by atoms with Crippen LogP contribution in [0, 0.1) is 5.41 Å². The smallest absolute Gasteiger partial charge is 0.0509 e. The first-order chi connectivity index (χ1) is 4.97. The minimum absolute atomic E-state index is 0.254. The molecule has 3 heteroatoms. The molecule has 11 heavy (non-hydrogen) atoms. The molecule has 0 amide bonds. The van der Waals surface area contributed by atoms with Gasteiger partial charge in [-0.1, -0.05) is 19.6 Å². The second-order valence-electron chi connectivity index (χ2n) is 5.00. The second-order valence-corrected chi connectivity index (χ2v) is 10.5. The van der Waals surface area contributed by atoms with Gasteiger partial charge in [0.2, 0.25) is 0 Å². The summed E-state index contributed by atoms with van der Waals surface area (Å²) in [6.07, 6.45) is 0. The first kappa shape index (κ1) is 9.23. The number of aliphatic hydroxyl groups is 1. The van der Waals surface area contributed by atoms with E-state index in [9.17, 15) is 5.11 Å². The van der Waals surface area contributed by atoms with E-state index >= 15 is 0 Å². The van der Waals surface area contributed by atoms with Crippen LogP contribution in [0.15, 0.2) is 0 Å². The van der Waals surface area contributed by atoms with Crippen molar-refractivity contribution in [3.63, 3.8) is 0 Å². The van der Waals surface area contributed by atoms with Gasteiger partial charge in [0.15, 0.2) is 0 Å². The van der Waals surface area contributed by atoms with E-state index in [0.717, 1.165) is 13.1 Å². The van der Waals surface area contributed by atoms with Crippen molar-refractivity contribution in [2.45, 2.75) is 25.7 Å². The maximum absolute atomic E-state index is 9.18. The van der Waals surface area contributed by atoms with E-state index in [1.54, 1.807) is 0 Å². The molecule has 1 heterocycles. The molecule has 1 rings (SSSR count). The fraction of sp³-hybridized carbons (Fsp3) is 1.00. The Hall–Kier alpha value is 0.137. The fourth-order valence-electron chi connectivity index (χ4n) is 1.90. The molecule has 1 saturated heterocycles. The minimum Gasteiger partial charge on any atom is -0.396 e. The van der Waals surface area contributed by atoms with Crippen molar-refractivity contribution in [1.82, 2.24) is 5.32 Å². The summed E-state index contributed by atoms with van der Waals surface area (Å²) < 4.78 is 0. The van der Waals surface area contributed by atoms with Crippen LogP contribution in [0.5, 0.6) is 0 Å². The van der Waals surface area contributed by atoms with E-state index in [1.165, 1.54) is 6.04 Å². The van der Waals surface area contributed by atoms with E-state index in [4.69, 9.17) is 0 Å². The van der Waals surface area contributed by atoms with Crippen LogP contribution in [-0.2, 0) is 0 Å². The molecular formula is C8H19NOSi. The Kier molecular flexibility index (Phi) is 2.42. The van der Waals surface area contributed by atoms with Crippen molar-refractivity contribution in [3.05, 3.63) is 0 Å². The maximum atomic E-state index is 9.18. The van der Waals surface area contributed by atoms with E-state index < -0.39 is 8.07 Å². The molecule has 2 nitrogen and oxygen atoms in total. The zero-order valence-electron chi connectivity index (χ0n) is 7.78. The highest BCUT2D eigenvalue weighted by atomic mass is 28.3. The fourth-order valence-corrected chi connectivity index (χ4v) is 4.51. The van der Waals surface area contributed by atoms with Crippen molar-refractivity contribution in [3.8, 4) is 0 Å². The van der Waals surface area contributed by atoms with Crippen molar-refractivity contribution in [1.29, 1.82) is 0 Å². The van der Waals surface area contributed by atoms with Gasteiger partial charge in [-0.3, -0.25) is 0 Å². The molecule has 1 fully saturated rings. The molecule has 1 aliphatic heterocycles. The number of nitrogens with one attached hydrogen (secondary N) is 1. The molecule has 0 aromatic carbocycles. The molecule has 0 radical (unpaired) electrons. The van der Waals surface area contributed by atoms with Crippen LogP contribution >= 0.6 is 0 Å². The molecule has 0 unspecified atom stereocenters. The van der Waals surface area contributed by atoms with Gasteiger partial charge in [0, 0.05) is 26.6 Å². The second kappa shape index (κ2) is 2.88. The summed E-state index contributed by atoms with van der Waals surface area (Å²) in [6.45, 7) is 9.50. The quantitative estimate of drug-likeness (QED) is 0.622. The van der Waals surface area contributed by atoms with Crippen molar-refractivity contribution in [2.24, 2.45) is 5.41 Å². The van der Waals surface area contributed by atoms with Crippen molar-refractivity contribution < 1.29 is 5.11 Å². The van der Waals surface area contributed by atoms with Crippen molar-refractivity contribution in [2.75, 3.05) is 19.7 Å². The maximum Gasteiger partial charge on any atom is 0.0509 e. The largest absolute Gasteiger partial charge is 0.396 e. The van der Waals surface area contributed by atoms with Gasteiger partial charge >= 0.3 is 0 Å². The molecule has 0 spiro atoms. The Morgan fingerprint density at radius 3 is 2.00 bits per heavy atom. The number of hydrogen-bond donors (Lipinski definition) is 2. The van der Waals surface area contributed by atoms with Gasteiger partial charge in [0.25, 0.3) is 0 Å². The Labute approximate surface area is 70.0 Å². The lowest BCUT2D eigenvalue weighted by molar-refractivity contribution is 0.0857. The van der Waals surface area contributed by atoms with Crippen LogP contribution < -0.4 is 5.32 Å². The number of rotatable bonds is 3. The van der Waals surface area contributed by atoms with Crippen LogP contribution in [-0.4, -0.2) is 32.9 Å². The SMILES string of the molecule is C[Si](C)(C)CC1(CO)CNC1. The Morgan fingerprint density at radius 2 is 1.91 bits per heavy atom. The molecule has 0 aromatic rings. The Morgan fingerprint density at radius 1 is 1.36 bits per heavy atom. The third-order valence-electron chi connectivity index (χ3n) is 2.24. The van der Waals surface area contributed by atoms with Gasteiger partial charge in [-0.15, -0.1) is 0 Å². The highest BCUT2D eigenvalue weighted by Gasteiger charge is 2.39. The molecular weight excluding hydrogens is 154 g/mol. The summed E-state index contributed by atoms with van der Waals surface area (Å²) in [7, 11) is -0.983. The minimum atomic E-state index is -0.983. The lowest BCUT2D eigenvalue weighted by atomic mass is 9.85. The normalized spacial score (nSPS) is 22.9. The monoisotopic (exact) mass is 173 g/mol. The van der Waals surface area contributed by atoms with E-state index in [-0.39, 0.29) is 5.41 Å². The van der Waals surface area contributed by atoms with Crippen LogP contribution in [0.25, 0.3) is 0 Å². The molecule has 0 aromatic heterocycles. The van der Waals surface area contributed by atoms with Crippen LogP contribution in [0.1, 0.15) is 0 Å². The first-order valence-electron chi connectivity index (χ1n) is 4.29.